The van der Waals surface area contributed by atoms with Gasteiger partial charge in [-0.15, -0.1) is 0 Å². The molecule has 11 heavy (non-hydrogen) atoms. The second-order valence-corrected chi connectivity index (χ2v) is 2.80. The molecule has 0 aliphatic heterocycles. The Bertz CT molecular complexity index is 156. The zero-order valence-corrected chi connectivity index (χ0v) is 7.18. The van der Waals surface area contributed by atoms with Crippen molar-refractivity contribution in [2.24, 2.45) is 0 Å². The molecule has 0 saturated carbocycles. The Kier molecular flexibility index (Phi) is 3.81. The summed E-state index contributed by atoms with van der Waals surface area (Å²) in [7, 11) is 0. The van der Waals surface area contributed by atoms with Crippen molar-refractivity contribution in [3.8, 4) is 0 Å². The predicted molar refractivity (Wildman–Crippen MR) is 47.3 cm³/mol. The van der Waals surface area contributed by atoms with E-state index in [0.29, 0.717) is 0 Å². The summed E-state index contributed by atoms with van der Waals surface area (Å²) in [4.78, 5) is 0. The van der Waals surface area contributed by atoms with Crippen LogP contribution in [0.4, 0.5) is 0 Å². The zero-order valence-electron chi connectivity index (χ0n) is 7.18. The average molecular weight is 152 g/mol. The molecule has 0 atom stereocenters. The SMILES string of the molecule is CCCCOC1=CC=CCC1. The molecule has 0 unspecified atom stereocenters. The van der Waals surface area contributed by atoms with E-state index < -0.39 is 0 Å². The lowest BCUT2D eigenvalue weighted by Gasteiger charge is -2.10. The molecule has 0 spiro atoms. The highest BCUT2D eigenvalue weighted by Crippen LogP contribution is 2.12. The highest BCUT2D eigenvalue weighted by molar-refractivity contribution is 5.12. The molecule has 0 bridgehead atoms. The standard InChI is InChI=1S/C10H16O/c1-2-3-9-11-10-7-5-4-6-8-10/h4-5,7H,2-3,6,8-9H2,1H3. The topological polar surface area (TPSA) is 9.23 Å². The molecule has 0 aromatic rings. The van der Waals surface area contributed by atoms with Gasteiger partial charge in [-0.3, -0.25) is 0 Å². The summed E-state index contributed by atoms with van der Waals surface area (Å²) < 4.78 is 5.53. The summed E-state index contributed by atoms with van der Waals surface area (Å²) in [6.07, 6.45) is 10.9. The van der Waals surface area contributed by atoms with Gasteiger partial charge in [0, 0.05) is 6.42 Å². The average Bonchev–Trinajstić information content (AvgIpc) is 2.07. The quantitative estimate of drug-likeness (QED) is 0.562. The maximum Gasteiger partial charge on any atom is 0.0962 e. The summed E-state index contributed by atoms with van der Waals surface area (Å²) in [6, 6.07) is 0. The highest BCUT2D eigenvalue weighted by Gasteiger charge is 1.98. The molecule has 0 heterocycles. The molecular weight excluding hydrogens is 136 g/mol. The molecule has 0 aromatic heterocycles. The van der Waals surface area contributed by atoms with Gasteiger partial charge < -0.3 is 4.74 Å². The van der Waals surface area contributed by atoms with E-state index in [0.717, 1.165) is 25.2 Å². The minimum Gasteiger partial charge on any atom is -0.498 e. The number of hydrogen-bond acceptors (Lipinski definition) is 1. The Balaban J connectivity index is 2.15. The molecule has 1 rings (SSSR count). The lowest BCUT2D eigenvalue weighted by Crippen LogP contribution is -1.96. The molecule has 0 saturated heterocycles. The Labute approximate surface area is 68.8 Å². The fourth-order valence-corrected chi connectivity index (χ4v) is 1.05. The van der Waals surface area contributed by atoms with Crippen LogP contribution < -0.4 is 0 Å². The van der Waals surface area contributed by atoms with Gasteiger partial charge in [0.1, 0.15) is 0 Å². The van der Waals surface area contributed by atoms with E-state index in [1.807, 2.05) is 0 Å². The summed E-state index contributed by atoms with van der Waals surface area (Å²) in [5, 5.41) is 0. The number of unbranched alkanes of at least 4 members (excludes halogenated alkanes) is 1. The molecule has 0 N–H and O–H groups in total. The fourth-order valence-electron chi connectivity index (χ4n) is 1.05. The van der Waals surface area contributed by atoms with E-state index in [-0.39, 0.29) is 0 Å². The molecule has 0 amide bonds. The van der Waals surface area contributed by atoms with Crippen molar-refractivity contribution in [3.05, 3.63) is 24.0 Å². The van der Waals surface area contributed by atoms with Gasteiger partial charge in [-0.1, -0.05) is 25.5 Å². The Morgan fingerprint density at radius 2 is 2.45 bits per heavy atom. The van der Waals surface area contributed by atoms with Crippen molar-refractivity contribution in [3.63, 3.8) is 0 Å². The molecule has 1 heteroatoms. The van der Waals surface area contributed by atoms with Gasteiger partial charge in [0.15, 0.2) is 0 Å². The smallest absolute Gasteiger partial charge is 0.0962 e. The van der Waals surface area contributed by atoms with Crippen molar-refractivity contribution >= 4 is 0 Å². The number of allylic oxidation sites excluding steroid dienone is 4. The number of rotatable bonds is 4. The first kappa shape index (κ1) is 8.38. The third-order valence-corrected chi connectivity index (χ3v) is 1.76. The molecule has 1 aliphatic rings. The van der Waals surface area contributed by atoms with Crippen molar-refractivity contribution in [2.75, 3.05) is 6.61 Å². The van der Waals surface area contributed by atoms with Gasteiger partial charge in [-0.05, 0) is 18.9 Å². The van der Waals surface area contributed by atoms with Crippen LogP contribution in [-0.2, 0) is 4.74 Å². The number of ether oxygens (including phenoxy) is 1. The van der Waals surface area contributed by atoms with Crippen molar-refractivity contribution < 1.29 is 4.74 Å². The normalized spacial score (nSPS) is 16.3. The molecule has 0 radical (unpaired) electrons. The first-order chi connectivity index (χ1) is 5.43. The highest BCUT2D eigenvalue weighted by atomic mass is 16.5. The second kappa shape index (κ2) is 5.00. The van der Waals surface area contributed by atoms with Crippen LogP contribution in [-0.4, -0.2) is 6.61 Å². The van der Waals surface area contributed by atoms with Crippen molar-refractivity contribution in [2.45, 2.75) is 32.6 Å². The van der Waals surface area contributed by atoms with Crippen LogP contribution in [0.3, 0.4) is 0 Å². The summed E-state index contributed by atoms with van der Waals surface area (Å²) in [5.41, 5.74) is 0. The van der Waals surface area contributed by atoms with Gasteiger partial charge >= 0.3 is 0 Å². The lowest BCUT2D eigenvalue weighted by molar-refractivity contribution is 0.197. The third kappa shape index (κ3) is 3.26. The summed E-state index contributed by atoms with van der Waals surface area (Å²) in [6.45, 7) is 3.06. The van der Waals surface area contributed by atoms with Crippen LogP contribution in [0.5, 0.6) is 0 Å². The third-order valence-electron chi connectivity index (χ3n) is 1.76. The molecule has 0 fully saturated rings. The summed E-state index contributed by atoms with van der Waals surface area (Å²) in [5.74, 6) is 1.15. The Morgan fingerprint density at radius 3 is 3.09 bits per heavy atom. The fraction of sp³-hybridized carbons (Fsp3) is 0.600. The van der Waals surface area contributed by atoms with Crippen LogP contribution in [0.15, 0.2) is 24.0 Å². The van der Waals surface area contributed by atoms with E-state index in [1.54, 1.807) is 0 Å². The molecule has 62 valence electrons. The van der Waals surface area contributed by atoms with E-state index in [1.165, 1.54) is 12.8 Å². The number of hydrogen-bond donors (Lipinski definition) is 0. The largest absolute Gasteiger partial charge is 0.498 e. The Morgan fingerprint density at radius 1 is 1.55 bits per heavy atom. The predicted octanol–water partition coefficient (Wildman–Crippen LogP) is 3.04. The first-order valence-electron chi connectivity index (χ1n) is 4.42. The van der Waals surface area contributed by atoms with Gasteiger partial charge in [0.05, 0.1) is 12.4 Å². The lowest BCUT2D eigenvalue weighted by atomic mass is 10.2. The first-order valence-corrected chi connectivity index (χ1v) is 4.42. The van der Waals surface area contributed by atoms with Gasteiger partial charge in [0.2, 0.25) is 0 Å². The second-order valence-electron chi connectivity index (χ2n) is 2.80. The molecular formula is C10H16O. The minimum atomic E-state index is 0.885. The zero-order chi connectivity index (χ0) is 7.94. The summed E-state index contributed by atoms with van der Waals surface area (Å²) >= 11 is 0. The molecule has 0 aromatic carbocycles. The van der Waals surface area contributed by atoms with Crippen LogP contribution in [0, 0.1) is 0 Å². The monoisotopic (exact) mass is 152 g/mol. The van der Waals surface area contributed by atoms with Gasteiger partial charge in [-0.25, -0.2) is 0 Å². The van der Waals surface area contributed by atoms with E-state index in [9.17, 15) is 0 Å². The van der Waals surface area contributed by atoms with Gasteiger partial charge in [-0.2, -0.15) is 0 Å². The maximum atomic E-state index is 5.53. The van der Waals surface area contributed by atoms with Crippen LogP contribution in [0.1, 0.15) is 32.6 Å². The van der Waals surface area contributed by atoms with Gasteiger partial charge in [0.25, 0.3) is 0 Å². The minimum absolute atomic E-state index is 0.885. The van der Waals surface area contributed by atoms with Crippen molar-refractivity contribution in [1.82, 2.24) is 0 Å². The maximum absolute atomic E-state index is 5.53. The Hall–Kier alpha value is -0.720. The molecule has 1 aliphatic carbocycles. The van der Waals surface area contributed by atoms with E-state index in [4.69, 9.17) is 4.74 Å². The van der Waals surface area contributed by atoms with Crippen LogP contribution in [0.2, 0.25) is 0 Å². The molecule has 1 nitrogen and oxygen atoms in total. The van der Waals surface area contributed by atoms with Crippen molar-refractivity contribution in [1.29, 1.82) is 0 Å². The van der Waals surface area contributed by atoms with Crippen LogP contribution >= 0.6 is 0 Å². The van der Waals surface area contributed by atoms with Crippen LogP contribution in [0.25, 0.3) is 0 Å². The van der Waals surface area contributed by atoms with E-state index in [2.05, 4.69) is 25.2 Å². The van der Waals surface area contributed by atoms with E-state index >= 15 is 0 Å².